The molecule has 0 spiro atoms. The van der Waals surface area contributed by atoms with Crippen LogP contribution in [-0.4, -0.2) is 22.9 Å². The Morgan fingerprint density at radius 3 is 2.67 bits per heavy atom. The zero-order valence-electron chi connectivity index (χ0n) is 12.1. The van der Waals surface area contributed by atoms with Crippen LogP contribution in [0.5, 0.6) is 0 Å². The van der Waals surface area contributed by atoms with Gasteiger partial charge in [0.05, 0.1) is 16.4 Å². The topological polar surface area (TPSA) is 29.9 Å². The molecule has 1 rings (SSSR count). The van der Waals surface area contributed by atoms with E-state index in [1.807, 2.05) is 11.6 Å². The van der Waals surface area contributed by atoms with E-state index < -0.39 is 0 Å². The van der Waals surface area contributed by atoms with Crippen LogP contribution in [0.15, 0.2) is 0 Å². The van der Waals surface area contributed by atoms with Crippen molar-refractivity contribution in [1.82, 2.24) is 15.1 Å². The van der Waals surface area contributed by atoms with Gasteiger partial charge in [0.25, 0.3) is 0 Å². The Balaban J connectivity index is 2.31. The van der Waals surface area contributed by atoms with Crippen molar-refractivity contribution in [2.75, 3.05) is 13.1 Å². The standard InChI is InChI=1S/C14H26ClN3/c1-5-18-13(14(15)12(4)17-18)8-6-7-9-16-10-11(2)3/h11,16H,5-10H2,1-4H3. The summed E-state index contributed by atoms with van der Waals surface area (Å²) in [6.45, 7) is 11.6. The number of hydrogen-bond acceptors (Lipinski definition) is 2. The second-order valence-electron chi connectivity index (χ2n) is 5.22. The highest BCUT2D eigenvalue weighted by molar-refractivity contribution is 6.31. The van der Waals surface area contributed by atoms with Crippen LogP contribution in [0.3, 0.4) is 0 Å². The van der Waals surface area contributed by atoms with Gasteiger partial charge in [-0.15, -0.1) is 0 Å². The Labute approximate surface area is 116 Å². The fraction of sp³-hybridized carbons (Fsp3) is 0.786. The summed E-state index contributed by atoms with van der Waals surface area (Å²) in [4.78, 5) is 0. The molecule has 0 aromatic carbocycles. The van der Waals surface area contributed by atoms with Crippen molar-refractivity contribution in [3.8, 4) is 0 Å². The number of rotatable bonds is 8. The van der Waals surface area contributed by atoms with E-state index in [4.69, 9.17) is 11.6 Å². The largest absolute Gasteiger partial charge is 0.316 e. The number of unbranched alkanes of at least 4 members (excludes halogenated alkanes) is 1. The summed E-state index contributed by atoms with van der Waals surface area (Å²) >= 11 is 6.28. The van der Waals surface area contributed by atoms with Gasteiger partial charge in [0.15, 0.2) is 0 Å². The molecule has 0 aliphatic heterocycles. The molecule has 1 aromatic rings. The zero-order valence-corrected chi connectivity index (χ0v) is 12.8. The lowest BCUT2D eigenvalue weighted by atomic mass is 10.1. The first-order valence-electron chi connectivity index (χ1n) is 6.98. The molecule has 1 heterocycles. The summed E-state index contributed by atoms with van der Waals surface area (Å²) in [6, 6.07) is 0. The highest BCUT2D eigenvalue weighted by atomic mass is 35.5. The molecule has 0 saturated heterocycles. The molecule has 4 heteroatoms. The highest BCUT2D eigenvalue weighted by Crippen LogP contribution is 2.21. The minimum absolute atomic E-state index is 0.726. The van der Waals surface area contributed by atoms with Gasteiger partial charge in [0.1, 0.15) is 0 Å². The summed E-state index contributed by atoms with van der Waals surface area (Å²) in [5.74, 6) is 0.726. The molecule has 0 amide bonds. The number of nitrogens with one attached hydrogen (secondary N) is 1. The third-order valence-corrected chi connectivity index (χ3v) is 3.51. The molecule has 0 radical (unpaired) electrons. The molecular formula is C14H26ClN3. The Morgan fingerprint density at radius 1 is 1.33 bits per heavy atom. The normalized spacial score (nSPS) is 11.4. The molecule has 1 aromatic heterocycles. The van der Waals surface area contributed by atoms with E-state index in [9.17, 15) is 0 Å². The van der Waals surface area contributed by atoms with Gasteiger partial charge in [-0.05, 0) is 52.1 Å². The number of nitrogens with zero attached hydrogens (tertiary/aromatic N) is 2. The fourth-order valence-corrected chi connectivity index (χ4v) is 2.27. The van der Waals surface area contributed by atoms with Crippen molar-refractivity contribution in [3.63, 3.8) is 0 Å². The Bertz CT molecular complexity index is 358. The predicted octanol–water partition coefficient (Wildman–Crippen LogP) is 3.43. The third-order valence-electron chi connectivity index (χ3n) is 3.02. The van der Waals surface area contributed by atoms with E-state index in [2.05, 4.69) is 31.2 Å². The maximum atomic E-state index is 6.28. The minimum atomic E-state index is 0.726. The predicted molar refractivity (Wildman–Crippen MR) is 78.3 cm³/mol. The van der Waals surface area contributed by atoms with Gasteiger partial charge >= 0.3 is 0 Å². The van der Waals surface area contributed by atoms with E-state index in [1.165, 1.54) is 12.1 Å². The van der Waals surface area contributed by atoms with Crippen molar-refractivity contribution in [1.29, 1.82) is 0 Å². The Morgan fingerprint density at radius 2 is 2.06 bits per heavy atom. The number of hydrogen-bond donors (Lipinski definition) is 1. The first kappa shape index (κ1) is 15.5. The van der Waals surface area contributed by atoms with Crippen LogP contribution < -0.4 is 5.32 Å². The average Bonchev–Trinajstić information content (AvgIpc) is 2.60. The van der Waals surface area contributed by atoms with Gasteiger partial charge < -0.3 is 5.32 Å². The van der Waals surface area contributed by atoms with Crippen molar-refractivity contribution in [2.24, 2.45) is 5.92 Å². The molecule has 0 bridgehead atoms. The van der Waals surface area contributed by atoms with Crippen LogP contribution in [0.25, 0.3) is 0 Å². The lowest BCUT2D eigenvalue weighted by Gasteiger charge is -2.08. The molecule has 0 fully saturated rings. The summed E-state index contributed by atoms with van der Waals surface area (Å²) < 4.78 is 2.03. The van der Waals surface area contributed by atoms with Crippen LogP contribution in [0.2, 0.25) is 5.02 Å². The molecule has 0 unspecified atom stereocenters. The quantitative estimate of drug-likeness (QED) is 0.734. The number of aryl methyl sites for hydroxylation is 2. The van der Waals surface area contributed by atoms with Crippen molar-refractivity contribution in [2.45, 2.75) is 53.5 Å². The van der Waals surface area contributed by atoms with E-state index in [0.717, 1.165) is 49.1 Å². The monoisotopic (exact) mass is 271 g/mol. The summed E-state index contributed by atoms with van der Waals surface area (Å²) in [7, 11) is 0. The van der Waals surface area contributed by atoms with Gasteiger partial charge in [-0.1, -0.05) is 25.4 Å². The third kappa shape index (κ3) is 4.62. The molecule has 18 heavy (non-hydrogen) atoms. The Hall–Kier alpha value is -0.540. The molecule has 0 saturated carbocycles. The van der Waals surface area contributed by atoms with E-state index in [-0.39, 0.29) is 0 Å². The van der Waals surface area contributed by atoms with Gasteiger partial charge in [-0.25, -0.2) is 0 Å². The van der Waals surface area contributed by atoms with E-state index in [1.54, 1.807) is 0 Å². The lowest BCUT2D eigenvalue weighted by molar-refractivity contribution is 0.529. The van der Waals surface area contributed by atoms with Gasteiger partial charge in [-0.2, -0.15) is 5.10 Å². The second-order valence-corrected chi connectivity index (χ2v) is 5.59. The summed E-state index contributed by atoms with van der Waals surface area (Å²) in [5, 5.41) is 8.75. The first-order chi connectivity index (χ1) is 8.56. The average molecular weight is 272 g/mol. The van der Waals surface area contributed by atoms with Gasteiger partial charge in [0, 0.05) is 6.54 Å². The van der Waals surface area contributed by atoms with E-state index >= 15 is 0 Å². The SMILES string of the molecule is CCn1nc(C)c(Cl)c1CCCCNCC(C)C. The molecular weight excluding hydrogens is 246 g/mol. The van der Waals surface area contributed by atoms with Crippen LogP contribution in [0.4, 0.5) is 0 Å². The van der Waals surface area contributed by atoms with Crippen molar-refractivity contribution >= 4 is 11.6 Å². The fourth-order valence-electron chi connectivity index (χ4n) is 2.04. The van der Waals surface area contributed by atoms with E-state index in [0.29, 0.717) is 0 Å². The number of aromatic nitrogens is 2. The molecule has 104 valence electrons. The second kappa shape index (κ2) is 7.80. The summed E-state index contributed by atoms with van der Waals surface area (Å²) in [6.07, 6.45) is 3.38. The van der Waals surface area contributed by atoms with Crippen LogP contribution in [0, 0.1) is 12.8 Å². The molecule has 3 nitrogen and oxygen atoms in total. The lowest BCUT2D eigenvalue weighted by Crippen LogP contribution is -2.20. The molecule has 0 aliphatic carbocycles. The smallest absolute Gasteiger partial charge is 0.0847 e. The van der Waals surface area contributed by atoms with Crippen LogP contribution in [-0.2, 0) is 13.0 Å². The maximum absolute atomic E-state index is 6.28. The minimum Gasteiger partial charge on any atom is -0.316 e. The summed E-state index contributed by atoms with van der Waals surface area (Å²) in [5.41, 5.74) is 2.15. The highest BCUT2D eigenvalue weighted by Gasteiger charge is 2.11. The molecule has 0 aliphatic rings. The first-order valence-corrected chi connectivity index (χ1v) is 7.36. The van der Waals surface area contributed by atoms with Gasteiger partial charge in [-0.3, -0.25) is 4.68 Å². The number of halogens is 1. The molecule has 0 atom stereocenters. The maximum Gasteiger partial charge on any atom is 0.0847 e. The van der Waals surface area contributed by atoms with Crippen LogP contribution >= 0.6 is 11.6 Å². The zero-order chi connectivity index (χ0) is 13.5. The molecule has 1 N–H and O–H groups in total. The van der Waals surface area contributed by atoms with Crippen LogP contribution in [0.1, 0.15) is 45.0 Å². The Kier molecular flexibility index (Phi) is 6.72. The van der Waals surface area contributed by atoms with Gasteiger partial charge in [0.2, 0.25) is 0 Å². The van der Waals surface area contributed by atoms with Crippen molar-refractivity contribution in [3.05, 3.63) is 16.4 Å². The van der Waals surface area contributed by atoms with Crippen molar-refractivity contribution < 1.29 is 0 Å².